The van der Waals surface area contributed by atoms with Gasteiger partial charge in [-0.15, -0.1) is 0 Å². The Balaban J connectivity index is 1.87. The van der Waals surface area contributed by atoms with Crippen LogP contribution in [-0.2, 0) is 9.53 Å². The summed E-state index contributed by atoms with van der Waals surface area (Å²) < 4.78 is 4.91. The second-order valence-electron chi connectivity index (χ2n) is 6.11. The van der Waals surface area contributed by atoms with Gasteiger partial charge in [0.25, 0.3) is 11.6 Å². The molecule has 1 amide bonds. The third-order valence-electron chi connectivity index (χ3n) is 4.16. The summed E-state index contributed by atoms with van der Waals surface area (Å²) in [6.45, 7) is 3.39. The van der Waals surface area contributed by atoms with Gasteiger partial charge in [-0.1, -0.05) is 42.5 Å². The minimum Gasteiger partial charge on any atom is -0.462 e. The van der Waals surface area contributed by atoms with E-state index in [0.29, 0.717) is 11.3 Å². The molecule has 2 aromatic carbocycles. The number of carbonyl (C=O) groups is 2. The standard InChI is InChI=1S/C20H20N2O4/c1-3-26-19(24)20(25)13-14(2)21-22(20)18(23)17-11-9-16(10-12-17)15-7-5-4-6-8-15/h4-12,25H,3,13H2,1-2H3/t20-/m1/s1. The van der Waals surface area contributed by atoms with Crippen LogP contribution in [0.1, 0.15) is 30.6 Å². The first-order valence-corrected chi connectivity index (χ1v) is 8.39. The Kier molecular flexibility index (Phi) is 4.86. The SMILES string of the molecule is CCOC(=O)[C@]1(O)CC(C)=NN1C(=O)c1ccc(-c2ccccc2)cc1. The van der Waals surface area contributed by atoms with Crippen molar-refractivity contribution >= 4 is 17.6 Å². The maximum atomic E-state index is 12.8. The van der Waals surface area contributed by atoms with E-state index in [-0.39, 0.29) is 13.0 Å². The smallest absolute Gasteiger partial charge is 0.362 e. The Morgan fingerprint density at radius 1 is 1.12 bits per heavy atom. The van der Waals surface area contributed by atoms with Crippen LogP contribution in [0.15, 0.2) is 59.7 Å². The molecule has 1 aliphatic heterocycles. The lowest BCUT2D eigenvalue weighted by atomic mass is 10.0. The minimum absolute atomic E-state index is 0.0698. The first-order chi connectivity index (χ1) is 12.5. The van der Waals surface area contributed by atoms with Crippen molar-refractivity contribution in [1.82, 2.24) is 5.01 Å². The predicted molar refractivity (Wildman–Crippen MR) is 97.4 cm³/mol. The highest BCUT2D eigenvalue weighted by Crippen LogP contribution is 2.29. The molecule has 3 rings (SSSR count). The van der Waals surface area contributed by atoms with Crippen LogP contribution in [0.3, 0.4) is 0 Å². The Labute approximate surface area is 151 Å². The molecule has 1 heterocycles. The van der Waals surface area contributed by atoms with Crippen LogP contribution >= 0.6 is 0 Å². The lowest BCUT2D eigenvalue weighted by Gasteiger charge is -2.28. The summed E-state index contributed by atoms with van der Waals surface area (Å²) in [5.41, 5.74) is 0.698. The summed E-state index contributed by atoms with van der Waals surface area (Å²) in [4.78, 5) is 25.0. The number of benzene rings is 2. The van der Waals surface area contributed by atoms with Crippen molar-refractivity contribution in [3.05, 3.63) is 60.2 Å². The first kappa shape index (κ1) is 17.8. The highest BCUT2D eigenvalue weighted by Gasteiger charge is 2.51. The van der Waals surface area contributed by atoms with E-state index in [9.17, 15) is 14.7 Å². The topological polar surface area (TPSA) is 79.2 Å². The zero-order chi connectivity index (χ0) is 18.7. The van der Waals surface area contributed by atoms with E-state index in [1.54, 1.807) is 26.0 Å². The second kappa shape index (κ2) is 7.09. The van der Waals surface area contributed by atoms with E-state index in [1.807, 2.05) is 42.5 Å². The van der Waals surface area contributed by atoms with Crippen molar-refractivity contribution in [2.75, 3.05) is 6.61 Å². The molecule has 0 bridgehead atoms. The lowest BCUT2D eigenvalue weighted by molar-refractivity contribution is -0.179. The van der Waals surface area contributed by atoms with Crippen molar-refractivity contribution in [2.45, 2.75) is 26.0 Å². The fourth-order valence-electron chi connectivity index (χ4n) is 2.90. The average molecular weight is 352 g/mol. The van der Waals surface area contributed by atoms with Crippen LogP contribution in [0, 0.1) is 0 Å². The van der Waals surface area contributed by atoms with Crippen LogP contribution in [0.2, 0.25) is 0 Å². The fourth-order valence-corrected chi connectivity index (χ4v) is 2.90. The predicted octanol–water partition coefficient (Wildman–Crippen LogP) is 2.83. The number of hydrazone groups is 1. The van der Waals surface area contributed by atoms with E-state index < -0.39 is 17.6 Å². The lowest BCUT2D eigenvalue weighted by Crippen LogP contribution is -2.53. The van der Waals surface area contributed by atoms with Gasteiger partial charge < -0.3 is 9.84 Å². The molecular weight excluding hydrogens is 332 g/mol. The van der Waals surface area contributed by atoms with Gasteiger partial charge in [-0.2, -0.15) is 10.1 Å². The molecule has 0 saturated heterocycles. The van der Waals surface area contributed by atoms with Gasteiger partial charge in [0.2, 0.25) is 0 Å². The van der Waals surface area contributed by atoms with Crippen molar-refractivity contribution in [3.63, 3.8) is 0 Å². The normalized spacial score (nSPS) is 19.2. The van der Waals surface area contributed by atoms with E-state index in [1.165, 1.54) is 0 Å². The highest BCUT2D eigenvalue weighted by atomic mass is 16.6. The van der Waals surface area contributed by atoms with E-state index in [2.05, 4.69) is 5.10 Å². The molecule has 0 aromatic heterocycles. The number of aliphatic hydroxyl groups is 1. The molecule has 0 spiro atoms. The van der Waals surface area contributed by atoms with Crippen LogP contribution in [-0.4, -0.2) is 40.0 Å². The maximum absolute atomic E-state index is 12.8. The summed E-state index contributed by atoms with van der Waals surface area (Å²) in [5, 5.41) is 15.6. The third kappa shape index (κ3) is 3.23. The second-order valence-corrected chi connectivity index (χ2v) is 6.11. The zero-order valence-electron chi connectivity index (χ0n) is 14.7. The first-order valence-electron chi connectivity index (χ1n) is 8.39. The highest BCUT2D eigenvalue weighted by molar-refractivity contribution is 6.02. The summed E-state index contributed by atoms with van der Waals surface area (Å²) in [7, 11) is 0. The summed E-state index contributed by atoms with van der Waals surface area (Å²) in [5.74, 6) is -1.44. The Morgan fingerprint density at radius 2 is 1.73 bits per heavy atom. The van der Waals surface area contributed by atoms with Crippen molar-refractivity contribution in [3.8, 4) is 11.1 Å². The molecule has 0 fully saturated rings. The van der Waals surface area contributed by atoms with Crippen LogP contribution in [0.25, 0.3) is 11.1 Å². The van der Waals surface area contributed by atoms with Gasteiger partial charge in [0.15, 0.2) is 0 Å². The van der Waals surface area contributed by atoms with Gasteiger partial charge in [0.1, 0.15) is 0 Å². The molecule has 1 N–H and O–H groups in total. The van der Waals surface area contributed by atoms with Crippen molar-refractivity contribution in [2.24, 2.45) is 5.10 Å². The zero-order valence-corrected chi connectivity index (χ0v) is 14.7. The number of nitrogens with zero attached hydrogens (tertiary/aromatic N) is 2. The Hall–Kier alpha value is -2.99. The molecule has 0 radical (unpaired) electrons. The number of rotatable bonds is 4. The number of hydrogen-bond donors (Lipinski definition) is 1. The van der Waals surface area contributed by atoms with Gasteiger partial charge in [0.05, 0.1) is 6.61 Å². The molecule has 134 valence electrons. The summed E-state index contributed by atoms with van der Waals surface area (Å²) in [6.07, 6.45) is -0.0698. The van der Waals surface area contributed by atoms with Crippen molar-refractivity contribution in [1.29, 1.82) is 0 Å². The molecule has 0 unspecified atom stereocenters. The third-order valence-corrected chi connectivity index (χ3v) is 4.16. The Morgan fingerprint density at radius 3 is 2.35 bits per heavy atom. The number of amides is 1. The minimum atomic E-state index is -2.10. The molecule has 6 nitrogen and oxygen atoms in total. The molecule has 0 saturated carbocycles. The van der Waals surface area contributed by atoms with E-state index in [4.69, 9.17) is 4.74 Å². The van der Waals surface area contributed by atoms with Crippen molar-refractivity contribution < 1.29 is 19.4 Å². The van der Waals surface area contributed by atoms with Gasteiger partial charge >= 0.3 is 5.97 Å². The van der Waals surface area contributed by atoms with E-state index >= 15 is 0 Å². The maximum Gasteiger partial charge on any atom is 0.362 e. The van der Waals surface area contributed by atoms with Gasteiger partial charge in [-0.25, -0.2) is 4.79 Å². The van der Waals surface area contributed by atoms with Gasteiger partial charge in [0, 0.05) is 17.7 Å². The quantitative estimate of drug-likeness (QED) is 0.858. The Bertz CT molecular complexity index is 846. The fraction of sp³-hybridized carbons (Fsp3) is 0.250. The number of carbonyl (C=O) groups excluding carboxylic acids is 2. The largest absolute Gasteiger partial charge is 0.462 e. The van der Waals surface area contributed by atoms with Gasteiger partial charge in [-0.05, 0) is 37.1 Å². The van der Waals surface area contributed by atoms with Crippen LogP contribution < -0.4 is 0 Å². The molecule has 1 atom stereocenters. The molecule has 1 aliphatic rings. The van der Waals surface area contributed by atoms with Crippen LogP contribution in [0.5, 0.6) is 0 Å². The molecule has 2 aromatic rings. The number of ether oxygens (including phenoxy) is 1. The monoisotopic (exact) mass is 352 g/mol. The molecule has 0 aliphatic carbocycles. The summed E-state index contributed by atoms with van der Waals surface area (Å²) in [6, 6.07) is 16.7. The number of esters is 1. The van der Waals surface area contributed by atoms with Gasteiger partial charge in [-0.3, -0.25) is 4.79 Å². The van der Waals surface area contributed by atoms with Crippen LogP contribution in [0.4, 0.5) is 0 Å². The molecule has 26 heavy (non-hydrogen) atoms. The number of hydrogen-bond acceptors (Lipinski definition) is 5. The average Bonchev–Trinajstić information content (AvgIpc) is 2.98. The molecule has 6 heteroatoms. The molecular formula is C20H20N2O4. The summed E-state index contributed by atoms with van der Waals surface area (Å²) >= 11 is 0. The van der Waals surface area contributed by atoms with E-state index in [0.717, 1.165) is 16.1 Å².